The van der Waals surface area contributed by atoms with E-state index in [9.17, 15) is 8.42 Å². The molecule has 0 bridgehead atoms. The quantitative estimate of drug-likeness (QED) is 0.803. The summed E-state index contributed by atoms with van der Waals surface area (Å²) in [5.74, 6) is 0.365. The third-order valence-corrected chi connectivity index (χ3v) is 5.86. The van der Waals surface area contributed by atoms with Gasteiger partial charge in [-0.25, -0.2) is 12.7 Å². The second kappa shape index (κ2) is 6.90. The molecule has 118 valence electrons. The lowest BCUT2D eigenvalue weighted by atomic mass is 10.1. The summed E-state index contributed by atoms with van der Waals surface area (Å²) in [5, 5.41) is 3.41. The maximum absolute atomic E-state index is 12.6. The van der Waals surface area contributed by atoms with Gasteiger partial charge in [0.2, 0.25) is 10.0 Å². The van der Waals surface area contributed by atoms with Gasteiger partial charge in [-0.15, -0.1) is 0 Å². The summed E-state index contributed by atoms with van der Waals surface area (Å²) in [4.78, 5) is 0.392. The molecule has 1 aliphatic rings. The lowest BCUT2D eigenvalue weighted by molar-refractivity contribution is 0.393. The molecule has 1 N–H and O–H groups in total. The molecule has 1 aromatic rings. The average Bonchev–Trinajstić information content (AvgIpc) is 3.29. The Labute approximate surface area is 128 Å². The molecule has 0 aliphatic heterocycles. The van der Waals surface area contributed by atoms with Gasteiger partial charge in [0.05, 0.1) is 4.90 Å². The SMILES string of the molecule is CCC(C)CN(C)S(=O)(=O)c1cccc(CNC2CC2)c1. The van der Waals surface area contributed by atoms with E-state index in [1.807, 2.05) is 12.1 Å². The van der Waals surface area contributed by atoms with Crippen LogP contribution < -0.4 is 5.32 Å². The second-order valence-electron chi connectivity index (χ2n) is 6.10. The van der Waals surface area contributed by atoms with E-state index < -0.39 is 10.0 Å². The fourth-order valence-electron chi connectivity index (χ4n) is 2.21. The lowest BCUT2D eigenvalue weighted by Crippen LogP contribution is -2.31. The zero-order valence-electron chi connectivity index (χ0n) is 13.2. The molecule has 1 fully saturated rings. The van der Waals surface area contributed by atoms with E-state index in [-0.39, 0.29) is 0 Å². The molecule has 21 heavy (non-hydrogen) atoms. The Morgan fingerprint density at radius 2 is 2.10 bits per heavy atom. The van der Waals surface area contributed by atoms with Crippen LogP contribution >= 0.6 is 0 Å². The maximum atomic E-state index is 12.6. The monoisotopic (exact) mass is 310 g/mol. The lowest BCUT2D eigenvalue weighted by Gasteiger charge is -2.20. The van der Waals surface area contributed by atoms with Crippen LogP contribution in [0.15, 0.2) is 29.2 Å². The first-order valence-corrected chi connectivity index (χ1v) is 9.16. The fourth-order valence-corrected chi connectivity index (χ4v) is 3.57. The molecule has 0 heterocycles. The summed E-state index contributed by atoms with van der Waals surface area (Å²) in [7, 11) is -1.72. The number of benzene rings is 1. The van der Waals surface area contributed by atoms with Gasteiger partial charge in [-0.3, -0.25) is 0 Å². The van der Waals surface area contributed by atoms with E-state index in [4.69, 9.17) is 0 Å². The third-order valence-electron chi connectivity index (χ3n) is 4.04. The molecule has 0 saturated heterocycles. The summed E-state index contributed by atoms with van der Waals surface area (Å²) in [6.45, 7) is 5.45. The molecule has 0 aromatic heterocycles. The second-order valence-corrected chi connectivity index (χ2v) is 8.15. The normalized spacial score (nSPS) is 17.1. The predicted octanol–water partition coefficient (Wildman–Crippen LogP) is 2.61. The maximum Gasteiger partial charge on any atom is 0.242 e. The van der Waals surface area contributed by atoms with Gasteiger partial charge >= 0.3 is 0 Å². The Morgan fingerprint density at radius 3 is 2.71 bits per heavy atom. The highest BCUT2D eigenvalue weighted by atomic mass is 32.2. The van der Waals surface area contributed by atoms with E-state index in [0.717, 1.165) is 18.5 Å². The van der Waals surface area contributed by atoms with Crippen molar-refractivity contribution in [3.63, 3.8) is 0 Å². The molecule has 1 aliphatic carbocycles. The highest BCUT2D eigenvalue weighted by molar-refractivity contribution is 7.89. The topological polar surface area (TPSA) is 49.4 Å². The van der Waals surface area contributed by atoms with Crippen molar-refractivity contribution >= 4 is 10.0 Å². The van der Waals surface area contributed by atoms with Gasteiger partial charge in [0, 0.05) is 26.2 Å². The Kier molecular flexibility index (Phi) is 5.41. The minimum absolute atomic E-state index is 0.365. The number of nitrogens with one attached hydrogen (secondary N) is 1. The van der Waals surface area contributed by atoms with Crippen molar-refractivity contribution in [1.82, 2.24) is 9.62 Å². The Bertz CT molecular complexity index is 567. The van der Waals surface area contributed by atoms with E-state index in [0.29, 0.717) is 23.4 Å². The summed E-state index contributed by atoms with van der Waals surface area (Å²) in [5.41, 5.74) is 1.03. The van der Waals surface area contributed by atoms with Crippen molar-refractivity contribution in [3.05, 3.63) is 29.8 Å². The average molecular weight is 310 g/mol. The standard InChI is InChI=1S/C16H26N2O2S/c1-4-13(2)12-18(3)21(19,20)16-7-5-6-14(10-16)11-17-15-8-9-15/h5-7,10,13,15,17H,4,8-9,11-12H2,1-3H3. The molecular weight excluding hydrogens is 284 g/mol. The van der Waals surface area contributed by atoms with Gasteiger partial charge in [0.25, 0.3) is 0 Å². The van der Waals surface area contributed by atoms with Gasteiger partial charge in [-0.1, -0.05) is 32.4 Å². The van der Waals surface area contributed by atoms with Crippen molar-refractivity contribution < 1.29 is 8.42 Å². The molecule has 1 atom stereocenters. The molecule has 0 spiro atoms. The van der Waals surface area contributed by atoms with E-state index in [1.54, 1.807) is 19.2 Å². The van der Waals surface area contributed by atoms with Gasteiger partial charge in [0.15, 0.2) is 0 Å². The number of hydrogen-bond donors (Lipinski definition) is 1. The van der Waals surface area contributed by atoms with Crippen molar-refractivity contribution in [2.45, 2.75) is 50.6 Å². The van der Waals surface area contributed by atoms with Crippen LogP contribution in [-0.4, -0.2) is 32.4 Å². The fraction of sp³-hybridized carbons (Fsp3) is 0.625. The number of sulfonamides is 1. The highest BCUT2D eigenvalue weighted by Gasteiger charge is 2.23. The molecule has 0 radical (unpaired) electrons. The summed E-state index contributed by atoms with van der Waals surface area (Å²) in [6, 6.07) is 7.90. The first kappa shape index (κ1) is 16.5. The molecule has 0 amide bonds. The zero-order chi connectivity index (χ0) is 15.5. The van der Waals surface area contributed by atoms with Crippen LogP contribution in [0, 0.1) is 5.92 Å². The number of rotatable bonds is 8. The van der Waals surface area contributed by atoms with E-state index >= 15 is 0 Å². The summed E-state index contributed by atoms with van der Waals surface area (Å²) in [6.07, 6.45) is 3.44. The molecule has 2 rings (SSSR count). The Morgan fingerprint density at radius 1 is 1.38 bits per heavy atom. The third kappa shape index (κ3) is 4.53. The largest absolute Gasteiger partial charge is 0.310 e. The minimum Gasteiger partial charge on any atom is -0.310 e. The van der Waals surface area contributed by atoms with Crippen molar-refractivity contribution in [2.24, 2.45) is 5.92 Å². The van der Waals surface area contributed by atoms with Crippen LogP contribution in [0.25, 0.3) is 0 Å². The first-order chi connectivity index (χ1) is 9.93. The zero-order valence-corrected chi connectivity index (χ0v) is 14.0. The highest BCUT2D eigenvalue weighted by Crippen LogP contribution is 2.21. The molecule has 4 nitrogen and oxygen atoms in total. The predicted molar refractivity (Wildman–Crippen MR) is 85.6 cm³/mol. The van der Waals surface area contributed by atoms with Gasteiger partial charge in [-0.05, 0) is 36.5 Å². The summed E-state index contributed by atoms with van der Waals surface area (Å²) >= 11 is 0. The van der Waals surface area contributed by atoms with Crippen molar-refractivity contribution in [1.29, 1.82) is 0 Å². The van der Waals surface area contributed by atoms with Crippen LogP contribution in [0.3, 0.4) is 0 Å². The van der Waals surface area contributed by atoms with Gasteiger partial charge in [-0.2, -0.15) is 0 Å². The Hall–Kier alpha value is -0.910. The van der Waals surface area contributed by atoms with E-state index in [1.165, 1.54) is 17.1 Å². The van der Waals surface area contributed by atoms with Crippen LogP contribution in [0.1, 0.15) is 38.7 Å². The first-order valence-electron chi connectivity index (χ1n) is 7.72. The molecule has 1 aromatic carbocycles. The van der Waals surface area contributed by atoms with Crippen LogP contribution in [0.5, 0.6) is 0 Å². The smallest absolute Gasteiger partial charge is 0.242 e. The van der Waals surface area contributed by atoms with Crippen molar-refractivity contribution in [3.8, 4) is 0 Å². The molecule has 1 saturated carbocycles. The van der Waals surface area contributed by atoms with E-state index in [2.05, 4.69) is 19.2 Å². The van der Waals surface area contributed by atoms with Crippen LogP contribution in [-0.2, 0) is 16.6 Å². The number of nitrogens with zero attached hydrogens (tertiary/aromatic N) is 1. The molecular formula is C16H26N2O2S. The van der Waals surface area contributed by atoms with Gasteiger partial charge < -0.3 is 5.32 Å². The molecule has 5 heteroatoms. The van der Waals surface area contributed by atoms with Gasteiger partial charge in [0.1, 0.15) is 0 Å². The van der Waals surface area contributed by atoms with Crippen LogP contribution in [0.2, 0.25) is 0 Å². The van der Waals surface area contributed by atoms with Crippen molar-refractivity contribution in [2.75, 3.05) is 13.6 Å². The number of hydrogen-bond acceptors (Lipinski definition) is 3. The molecule has 1 unspecified atom stereocenters. The summed E-state index contributed by atoms with van der Waals surface area (Å²) < 4.78 is 26.7. The Balaban J connectivity index is 2.08. The van der Waals surface area contributed by atoms with Crippen LogP contribution in [0.4, 0.5) is 0 Å². The minimum atomic E-state index is -3.38.